The molecule has 0 fully saturated rings. The highest BCUT2D eigenvalue weighted by atomic mass is 16.2. The molecule has 3 heterocycles. The number of rotatable bonds is 3. The van der Waals surface area contributed by atoms with E-state index in [2.05, 4.69) is 25.7 Å². The molecule has 1 amide bonds. The van der Waals surface area contributed by atoms with Gasteiger partial charge in [0.05, 0.1) is 28.0 Å². The van der Waals surface area contributed by atoms with E-state index in [9.17, 15) is 4.79 Å². The molecule has 0 aromatic carbocycles. The van der Waals surface area contributed by atoms with Crippen molar-refractivity contribution in [1.29, 1.82) is 0 Å². The van der Waals surface area contributed by atoms with E-state index in [0.29, 0.717) is 16.9 Å². The summed E-state index contributed by atoms with van der Waals surface area (Å²) in [7, 11) is 3.64. The zero-order valence-electron chi connectivity index (χ0n) is 14.3. The molecular weight excluding hydrogens is 306 g/mol. The molecule has 0 aliphatic carbocycles. The van der Waals surface area contributed by atoms with Crippen molar-refractivity contribution in [3.63, 3.8) is 0 Å². The van der Waals surface area contributed by atoms with Gasteiger partial charge in [0.2, 0.25) is 0 Å². The maximum atomic E-state index is 12.6. The van der Waals surface area contributed by atoms with Gasteiger partial charge in [-0.3, -0.25) is 14.2 Å². The van der Waals surface area contributed by atoms with Gasteiger partial charge < -0.3 is 0 Å². The van der Waals surface area contributed by atoms with Crippen molar-refractivity contribution >= 4 is 22.7 Å². The van der Waals surface area contributed by atoms with Crippen molar-refractivity contribution in [2.24, 2.45) is 19.2 Å². The summed E-state index contributed by atoms with van der Waals surface area (Å²) < 4.78 is 3.38. The Kier molecular flexibility index (Phi) is 3.88. The molecule has 3 rings (SSSR count). The zero-order chi connectivity index (χ0) is 17.4. The Morgan fingerprint density at radius 1 is 1.25 bits per heavy atom. The molecule has 8 nitrogen and oxygen atoms in total. The Hall–Kier alpha value is -3.03. The lowest BCUT2D eigenvalue weighted by Crippen LogP contribution is -2.21. The van der Waals surface area contributed by atoms with Crippen LogP contribution in [0.4, 0.5) is 0 Å². The summed E-state index contributed by atoms with van der Waals surface area (Å²) in [5, 5.41) is 13.4. The molecule has 0 aliphatic rings. The molecule has 3 aromatic rings. The number of pyridine rings is 1. The van der Waals surface area contributed by atoms with Crippen LogP contribution in [0.3, 0.4) is 0 Å². The van der Waals surface area contributed by atoms with E-state index in [1.54, 1.807) is 21.6 Å². The molecule has 8 heteroatoms. The Bertz CT molecular complexity index is 964. The van der Waals surface area contributed by atoms with Gasteiger partial charge in [0.15, 0.2) is 5.65 Å². The molecule has 0 spiro atoms. The first-order valence-electron chi connectivity index (χ1n) is 7.52. The number of fused-ring (bicyclic) bond motifs is 1. The van der Waals surface area contributed by atoms with Gasteiger partial charge in [-0.25, -0.2) is 10.4 Å². The number of carbonyl (C=O) groups excluding carboxylic acids is 1. The Morgan fingerprint density at radius 3 is 2.67 bits per heavy atom. The quantitative estimate of drug-likeness (QED) is 0.583. The van der Waals surface area contributed by atoms with E-state index >= 15 is 0 Å². The number of hydrogen-bond donors (Lipinski definition) is 1. The lowest BCUT2D eigenvalue weighted by Gasteiger charge is -2.06. The van der Waals surface area contributed by atoms with Gasteiger partial charge >= 0.3 is 0 Å². The van der Waals surface area contributed by atoms with Gasteiger partial charge in [0, 0.05) is 26.0 Å². The van der Waals surface area contributed by atoms with Crippen LogP contribution in [0.2, 0.25) is 0 Å². The number of nitrogens with one attached hydrogen (secondary N) is 1. The van der Waals surface area contributed by atoms with Crippen molar-refractivity contribution < 1.29 is 4.79 Å². The molecule has 0 aliphatic heterocycles. The third kappa shape index (κ3) is 2.66. The summed E-state index contributed by atoms with van der Waals surface area (Å²) in [5.41, 5.74) is 6.84. The van der Waals surface area contributed by atoms with Gasteiger partial charge in [-0.15, -0.1) is 0 Å². The monoisotopic (exact) mass is 325 g/mol. The highest BCUT2D eigenvalue weighted by Crippen LogP contribution is 2.21. The van der Waals surface area contributed by atoms with Crippen LogP contribution >= 0.6 is 0 Å². The normalized spacial score (nSPS) is 12.0. The Labute approximate surface area is 139 Å². The standard InChI is InChI=1S/C16H19N7O/c1-9-8-12(14-11(3)21-23(5)15(14)18-9)16(24)20-19-10(2)13-6-7-17-22(13)4/h6-8H,1-5H3,(H,20,24)/b19-10+. The average Bonchev–Trinajstić information content (AvgIpc) is 3.08. The summed E-state index contributed by atoms with van der Waals surface area (Å²) in [5.74, 6) is -0.289. The second-order valence-electron chi connectivity index (χ2n) is 5.70. The predicted molar refractivity (Wildman–Crippen MR) is 90.9 cm³/mol. The zero-order valence-corrected chi connectivity index (χ0v) is 14.3. The highest BCUT2D eigenvalue weighted by Gasteiger charge is 2.17. The maximum absolute atomic E-state index is 12.6. The molecule has 0 unspecified atom stereocenters. The Morgan fingerprint density at radius 2 is 2.00 bits per heavy atom. The van der Waals surface area contributed by atoms with Gasteiger partial charge in [-0.05, 0) is 32.9 Å². The van der Waals surface area contributed by atoms with Gasteiger partial charge in [-0.2, -0.15) is 15.3 Å². The SMILES string of the molecule is C/C(=N\NC(=O)c1cc(C)nc2c1c(C)nn2C)c1ccnn1C. The van der Waals surface area contributed by atoms with Crippen LogP contribution in [0.1, 0.15) is 34.4 Å². The number of amides is 1. The van der Waals surface area contributed by atoms with Crippen molar-refractivity contribution in [2.75, 3.05) is 0 Å². The minimum Gasteiger partial charge on any atom is -0.267 e. The van der Waals surface area contributed by atoms with Crippen LogP contribution < -0.4 is 5.43 Å². The summed E-state index contributed by atoms with van der Waals surface area (Å²) in [6.07, 6.45) is 1.69. The molecule has 124 valence electrons. The second kappa shape index (κ2) is 5.88. The van der Waals surface area contributed by atoms with Crippen molar-refractivity contribution in [2.45, 2.75) is 20.8 Å². The fraction of sp³-hybridized carbons (Fsp3) is 0.312. The van der Waals surface area contributed by atoms with E-state index in [1.165, 1.54) is 0 Å². The van der Waals surface area contributed by atoms with Gasteiger partial charge in [0.1, 0.15) is 0 Å². The smallest absolute Gasteiger partial charge is 0.267 e. The van der Waals surface area contributed by atoms with Crippen molar-refractivity contribution in [3.05, 3.63) is 41.0 Å². The predicted octanol–water partition coefficient (Wildman–Crippen LogP) is 1.47. The number of aromatic nitrogens is 5. The first-order valence-corrected chi connectivity index (χ1v) is 7.52. The molecule has 0 saturated heterocycles. The molecule has 0 atom stereocenters. The number of hydrogen-bond acceptors (Lipinski definition) is 5. The minimum absolute atomic E-state index is 0.289. The van der Waals surface area contributed by atoms with E-state index in [0.717, 1.165) is 22.5 Å². The van der Waals surface area contributed by atoms with Gasteiger partial charge in [0.25, 0.3) is 5.91 Å². The second-order valence-corrected chi connectivity index (χ2v) is 5.70. The number of nitrogens with zero attached hydrogens (tertiary/aromatic N) is 6. The first-order chi connectivity index (χ1) is 11.4. The summed E-state index contributed by atoms with van der Waals surface area (Å²) >= 11 is 0. The average molecular weight is 325 g/mol. The molecule has 1 N–H and O–H groups in total. The van der Waals surface area contributed by atoms with Crippen LogP contribution in [0.15, 0.2) is 23.4 Å². The van der Waals surface area contributed by atoms with E-state index in [-0.39, 0.29) is 5.91 Å². The number of carbonyl (C=O) groups is 1. The van der Waals surface area contributed by atoms with Crippen molar-refractivity contribution in [1.82, 2.24) is 30.0 Å². The van der Waals surface area contributed by atoms with Crippen LogP contribution in [-0.4, -0.2) is 36.2 Å². The minimum atomic E-state index is -0.289. The lowest BCUT2D eigenvalue weighted by atomic mass is 10.1. The van der Waals surface area contributed by atoms with Gasteiger partial charge in [-0.1, -0.05) is 0 Å². The molecule has 0 radical (unpaired) electrons. The van der Waals surface area contributed by atoms with E-state index < -0.39 is 0 Å². The molecule has 0 bridgehead atoms. The van der Waals surface area contributed by atoms with Crippen LogP contribution in [-0.2, 0) is 14.1 Å². The largest absolute Gasteiger partial charge is 0.272 e. The molecule has 3 aromatic heterocycles. The van der Waals surface area contributed by atoms with Crippen molar-refractivity contribution in [3.8, 4) is 0 Å². The lowest BCUT2D eigenvalue weighted by molar-refractivity contribution is 0.0956. The fourth-order valence-electron chi connectivity index (χ4n) is 2.73. The number of hydrazone groups is 1. The molecular formula is C16H19N7O. The van der Waals surface area contributed by atoms with Crippen LogP contribution in [0.25, 0.3) is 11.0 Å². The Balaban J connectivity index is 1.96. The summed E-state index contributed by atoms with van der Waals surface area (Å²) in [6, 6.07) is 3.59. The van der Waals surface area contributed by atoms with Crippen LogP contribution in [0, 0.1) is 13.8 Å². The van der Waals surface area contributed by atoms with Crippen LogP contribution in [0.5, 0.6) is 0 Å². The highest BCUT2D eigenvalue weighted by molar-refractivity contribution is 6.07. The summed E-state index contributed by atoms with van der Waals surface area (Å²) in [6.45, 7) is 5.53. The van der Waals surface area contributed by atoms with E-state index in [4.69, 9.17) is 0 Å². The third-order valence-corrected chi connectivity index (χ3v) is 3.86. The topological polar surface area (TPSA) is 90.0 Å². The molecule has 0 saturated carbocycles. The third-order valence-electron chi connectivity index (χ3n) is 3.86. The summed E-state index contributed by atoms with van der Waals surface area (Å²) in [4.78, 5) is 17.1. The fourth-order valence-corrected chi connectivity index (χ4v) is 2.73. The van der Waals surface area contributed by atoms with E-state index in [1.807, 2.05) is 40.9 Å². The number of aryl methyl sites for hydroxylation is 4. The maximum Gasteiger partial charge on any atom is 0.272 e. The molecule has 24 heavy (non-hydrogen) atoms. The first kappa shape index (κ1) is 15.9.